The molecule has 0 saturated carbocycles. The smallest absolute Gasteiger partial charge is 0.244 e. The minimum atomic E-state index is -3.85. The molecule has 164 valence electrons. The number of hydrogen-bond donors (Lipinski definition) is 2. The first-order valence-corrected chi connectivity index (χ1v) is 12.3. The van der Waals surface area contributed by atoms with Crippen LogP contribution in [0, 0.1) is 5.82 Å². The molecule has 1 aliphatic heterocycles. The van der Waals surface area contributed by atoms with E-state index in [1.165, 1.54) is 22.5 Å². The highest BCUT2D eigenvalue weighted by atomic mass is 79.9. The largest absolute Gasteiger partial charge is 0.393 e. The van der Waals surface area contributed by atoms with E-state index in [-0.39, 0.29) is 28.2 Å². The number of aliphatic hydroxyl groups is 1. The number of rotatable bonds is 4. The Morgan fingerprint density at radius 1 is 1.13 bits per heavy atom. The summed E-state index contributed by atoms with van der Waals surface area (Å²) in [5.41, 5.74) is 1.28. The maximum Gasteiger partial charge on any atom is 0.244 e. The summed E-state index contributed by atoms with van der Waals surface area (Å²) in [6.45, 7) is 0.436. The number of nitrogens with zero attached hydrogens (tertiary/aromatic N) is 2. The Labute approximate surface area is 197 Å². The van der Waals surface area contributed by atoms with Crippen molar-refractivity contribution in [3.63, 3.8) is 0 Å². The van der Waals surface area contributed by atoms with Gasteiger partial charge in [-0.2, -0.15) is 4.31 Å². The molecule has 2 heterocycles. The molecular weight excluding hydrogens is 532 g/mol. The van der Waals surface area contributed by atoms with E-state index in [1.54, 1.807) is 18.2 Å². The highest BCUT2D eigenvalue weighted by molar-refractivity contribution is 9.10. The van der Waals surface area contributed by atoms with E-state index < -0.39 is 21.9 Å². The number of imidazole rings is 1. The Hall–Kier alpha value is -1.49. The average molecular weight is 549 g/mol. The standard InChI is InChI=1S/C20H17BrCl2FN3O3S/c21-14-3-1-11(9-16(14)24)18-19(23)26-20(25-18)12-2-4-15(22)17(10-12)31(29,30)27-7-5-13(28)6-8-27/h1-4,9-10,13,28H,5-8H2,(H,25,26). The number of sulfonamides is 1. The summed E-state index contributed by atoms with van der Waals surface area (Å²) in [7, 11) is -3.85. The minimum Gasteiger partial charge on any atom is -0.393 e. The fraction of sp³-hybridized carbons (Fsp3) is 0.250. The predicted octanol–water partition coefficient (Wildman–Crippen LogP) is 5.10. The summed E-state index contributed by atoms with van der Waals surface area (Å²) in [6, 6.07) is 9.07. The van der Waals surface area contributed by atoms with E-state index in [0.717, 1.165) is 0 Å². The molecule has 6 nitrogen and oxygen atoms in total. The maximum atomic E-state index is 13.9. The summed E-state index contributed by atoms with van der Waals surface area (Å²) in [6.07, 6.45) is 0.245. The van der Waals surface area contributed by atoms with Crippen LogP contribution in [0.2, 0.25) is 10.2 Å². The molecule has 0 amide bonds. The lowest BCUT2D eigenvalue weighted by atomic mass is 10.1. The quantitative estimate of drug-likeness (QED) is 0.475. The Kier molecular flexibility index (Phi) is 6.44. The van der Waals surface area contributed by atoms with Gasteiger partial charge in [-0.05, 0) is 59.1 Å². The predicted molar refractivity (Wildman–Crippen MR) is 121 cm³/mol. The van der Waals surface area contributed by atoms with Crippen LogP contribution in [-0.4, -0.2) is 47.0 Å². The van der Waals surface area contributed by atoms with Gasteiger partial charge < -0.3 is 10.1 Å². The fourth-order valence-corrected chi connectivity index (χ4v) is 5.85. The van der Waals surface area contributed by atoms with E-state index in [0.29, 0.717) is 40.0 Å². The molecule has 0 aliphatic carbocycles. The first-order valence-electron chi connectivity index (χ1n) is 9.36. The number of aliphatic hydroxyl groups excluding tert-OH is 1. The van der Waals surface area contributed by atoms with Gasteiger partial charge in [0, 0.05) is 24.2 Å². The van der Waals surface area contributed by atoms with Gasteiger partial charge in [0.2, 0.25) is 10.0 Å². The molecule has 1 saturated heterocycles. The van der Waals surface area contributed by atoms with Crippen molar-refractivity contribution in [3.8, 4) is 22.6 Å². The van der Waals surface area contributed by atoms with Crippen molar-refractivity contribution >= 4 is 49.2 Å². The van der Waals surface area contributed by atoms with Crippen molar-refractivity contribution in [1.82, 2.24) is 14.3 Å². The zero-order chi connectivity index (χ0) is 22.3. The topological polar surface area (TPSA) is 86.3 Å². The first-order chi connectivity index (χ1) is 14.7. The second-order valence-corrected chi connectivity index (χ2v) is 10.7. The molecular formula is C20H17BrCl2FN3O3S. The Morgan fingerprint density at radius 3 is 2.48 bits per heavy atom. The molecule has 0 radical (unpaired) electrons. The Morgan fingerprint density at radius 2 is 1.81 bits per heavy atom. The lowest BCUT2D eigenvalue weighted by Gasteiger charge is -2.29. The van der Waals surface area contributed by atoms with E-state index in [4.69, 9.17) is 23.2 Å². The summed E-state index contributed by atoms with van der Waals surface area (Å²) in [5, 5.41) is 9.95. The molecule has 0 bridgehead atoms. The molecule has 3 aromatic rings. The van der Waals surface area contributed by atoms with Crippen LogP contribution in [0.3, 0.4) is 0 Å². The van der Waals surface area contributed by atoms with Gasteiger partial charge >= 0.3 is 0 Å². The molecule has 11 heteroatoms. The van der Waals surface area contributed by atoms with Crippen molar-refractivity contribution in [3.05, 3.63) is 56.9 Å². The molecule has 0 spiro atoms. The number of aromatic nitrogens is 2. The summed E-state index contributed by atoms with van der Waals surface area (Å²) < 4.78 is 41.8. The molecule has 0 unspecified atom stereocenters. The third kappa shape index (κ3) is 4.53. The van der Waals surface area contributed by atoms with E-state index in [1.807, 2.05) is 0 Å². The molecule has 4 rings (SSSR count). The maximum absolute atomic E-state index is 13.9. The van der Waals surface area contributed by atoms with Gasteiger partial charge in [0.1, 0.15) is 27.4 Å². The number of nitrogens with one attached hydrogen (secondary N) is 1. The number of H-pyrrole nitrogens is 1. The van der Waals surface area contributed by atoms with Gasteiger partial charge in [0.05, 0.1) is 15.6 Å². The van der Waals surface area contributed by atoms with Crippen LogP contribution in [-0.2, 0) is 10.0 Å². The normalized spacial score (nSPS) is 16.0. The van der Waals surface area contributed by atoms with Gasteiger partial charge in [0.25, 0.3) is 0 Å². The van der Waals surface area contributed by atoms with Crippen LogP contribution in [0.5, 0.6) is 0 Å². The van der Waals surface area contributed by atoms with E-state index in [2.05, 4.69) is 25.9 Å². The molecule has 31 heavy (non-hydrogen) atoms. The second-order valence-electron chi connectivity index (χ2n) is 7.16. The second kappa shape index (κ2) is 8.80. The van der Waals surface area contributed by atoms with Gasteiger partial charge in [-0.15, -0.1) is 0 Å². The zero-order valence-electron chi connectivity index (χ0n) is 15.9. The van der Waals surface area contributed by atoms with Gasteiger partial charge in [-0.25, -0.2) is 17.8 Å². The molecule has 2 N–H and O–H groups in total. The van der Waals surface area contributed by atoms with Crippen LogP contribution < -0.4 is 0 Å². The highest BCUT2D eigenvalue weighted by Crippen LogP contribution is 2.34. The molecule has 1 fully saturated rings. The molecule has 1 aliphatic rings. The fourth-order valence-electron chi connectivity index (χ4n) is 3.39. The van der Waals surface area contributed by atoms with Crippen molar-refractivity contribution < 1.29 is 17.9 Å². The Bertz CT molecular complexity index is 1240. The zero-order valence-corrected chi connectivity index (χ0v) is 19.9. The summed E-state index contributed by atoms with van der Waals surface area (Å²) in [4.78, 5) is 7.31. The summed E-state index contributed by atoms with van der Waals surface area (Å²) >= 11 is 15.6. The number of halogens is 4. The van der Waals surface area contributed by atoms with Crippen LogP contribution in [0.4, 0.5) is 4.39 Å². The number of aromatic amines is 1. The highest BCUT2D eigenvalue weighted by Gasteiger charge is 2.31. The SMILES string of the molecule is O=S(=O)(c1cc(-c2nc(-c3ccc(Br)c(F)c3)c(Cl)[nH]2)ccc1Cl)N1CCC(O)CC1. The van der Waals surface area contributed by atoms with Gasteiger partial charge in [0.15, 0.2) is 0 Å². The van der Waals surface area contributed by atoms with Gasteiger partial charge in [-0.1, -0.05) is 29.3 Å². The minimum absolute atomic E-state index is 0.0492. The van der Waals surface area contributed by atoms with Crippen LogP contribution in [0.25, 0.3) is 22.6 Å². The number of piperidine rings is 1. The summed E-state index contributed by atoms with van der Waals surface area (Å²) in [5.74, 6) is -0.129. The third-order valence-corrected chi connectivity index (χ3v) is 8.40. The van der Waals surface area contributed by atoms with Crippen molar-refractivity contribution in [2.75, 3.05) is 13.1 Å². The first kappa shape index (κ1) is 22.7. The molecule has 2 aromatic carbocycles. The third-order valence-electron chi connectivity index (χ3n) is 5.10. The molecule has 0 atom stereocenters. The van der Waals surface area contributed by atoms with Crippen molar-refractivity contribution in [2.45, 2.75) is 23.8 Å². The van der Waals surface area contributed by atoms with Crippen LogP contribution >= 0.6 is 39.1 Å². The van der Waals surface area contributed by atoms with Crippen molar-refractivity contribution in [1.29, 1.82) is 0 Å². The van der Waals surface area contributed by atoms with Crippen molar-refractivity contribution in [2.24, 2.45) is 0 Å². The van der Waals surface area contributed by atoms with E-state index >= 15 is 0 Å². The Balaban J connectivity index is 1.71. The van der Waals surface area contributed by atoms with E-state index in [9.17, 15) is 17.9 Å². The van der Waals surface area contributed by atoms with Crippen LogP contribution in [0.15, 0.2) is 45.8 Å². The molecule has 1 aromatic heterocycles. The van der Waals surface area contributed by atoms with Crippen LogP contribution in [0.1, 0.15) is 12.8 Å². The monoisotopic (exact) mass is 547 g/mol. The average Bonchev–Trinajstić information content (AvgIpc) is 3.12. The number of hydrogen-bond acceptors (Lipinski definition) is 4. The number of benzene rings is 2. The lowest BCUT2D eigenvalue weighted by Crippen LogP contribution is -2.40. The lowest BCUT2D eigenvalue weighted by molar-refractivity contribution is 0.113. The van der Waals surface area contributed by atoms with Gasteiger partial charge in [-0.3, -0.25) is 0 Å².